The van der Waals surface area contributed by atoms with E-state index < -0.39 is 12.3 Å². The minimum absolute atomic E-state index is 0.128. The molecule has 3 atom stereocenters. The second-order valence-corrected chi connectivity index (χ2v) is 6.46. The van der Waals surface area contributed by atoms with Gasteiger partial charge >= 0.3 is 0 Å². The highest BCUT2D eigenvalue weighted by Crippen LogP contribution is 2.54. The van der Waals surface area contributed by atoms with E-state index in [1.165, 1.54) is 0 Å². The molecule has 1 aliphatic heterocycles. The zero-order valence-electron chi connectivity index (χ0n) is 11.9. The zero-order chi connectivity index (χ0) is 14.6. The van der Waals surface area contributed by atoms with Crippen molar-refractivity contribution in [3.8, 4) is 0 Å². The molecule has 1 fully saturated rings. The number of rotatable bonds is 3. The number of aliphatic hydroxyl groups is 1. The van der Waals surface area contributed by atoms with E-state index in [9.17, 15) is 9.50 Å². The van der Waals surface area contributed by atoms with Crippen molar-refractivity contribution in [2.75, 3.05) is 0 Å². The first kappa shape index (κ1) is 13.0. The molecule has 2 heterocycles. The molecular weight excluding hydrogens is 269 g/mol. The maximum atomic E-state index is 14.2. The monoisotopic (exact) mass is 287 g/mol. The highest BCUT2D eigenvalue weighted by molar-refractivity contribution is 5.24. The van der Waals surface area contributed by atoms with Crippen molar-refractivity contribution in [1.29, 1.82) is 0 Å². The van der Waals surface area contributed by atoms with Gasteiger partial charge in [0.1, 0.15) is 6.10 Å². The van der Waals surface area contributed by atoms with Crippen molar-refractivity contribution < 1.29 is 9.50 Å². The van der Waals surface area contributed by atoms with E-state index in [1.54, 1.807) is 4.68 Å². The zero-order valence-corrected chi connectivity index (χ0v) is 11.9. The Morgan fingerprint density at radius 3 is 2.71 bits per heavy atom. The van der Waals surface area contributed by atoms with Gasteiger partial charge in [0.2, 0.25) is 0 Å². The molecule has 110 valence electrons. The van der Waals surface area contributed by atoms with Crippen LogP contribution in [0.5, 0.6) is 0 Å². The Bertz CT molecular complexity index is 665. The van der Waals surface area contributed by atoms with E-state index >= 15 is 0 Å². The van der Waals surface area contributed by atoms with Gasteiger partial charge in [-0.05, 0) is 18.4 Å². The molecule has 2 aliphatic rings. The number of aliphatic hydroxyl groups excluding tert-OH is 1. The van der Waals surface area contributed by atoms with Crippen LogP contribution >= 0.6 is 0 Å². The average molecular weight is 287 g/mol. The van der Waals surface area contributed by atoms with Gasteiger partial charge in [0.25, 0.3) is 0 Å². The number of aromatic nitrogens is 3. The minimum atomic E-state index is -1.12. The quantitative estimate of drug-likeness (QED) is 0.943. The summed E-state index contributed by atoms with van der Waals surface area (Å²) in [6.07, 6.45) is 0.501. The van der Waals surface area contributed by atoms with E-state index in [4.69, 9.17) is 0 Å². The Hall–Kier alpha value is -1.75. The Kier molecular flexibility index (Phi) is 2.70. The number of halogens is 1. The maximum Gasteiger partial charge on any atom is 0.180 e. The van der Waals surface area contributed by atoms with Crippen molar-refractivity contribution in [2.45, 2.75) is 44.5 Å². The van der Waals surface area contributed by atoms with E-state index in [0.29, 0.717) is 18.1 Å². The van der Waals surface area contributed by atoms with Crippen molar-refractivity contribution in [1.82, 2.24) is 14.8 Å². The van der Waals surface area contributed by atoms with Crippen LogP contribution in [0, 0.1) is 5.41 Å². The lowest BCUT2D eigenvalue weighted by molar-refractivity contribution is 0.0940. The average Bonchev–Trinajstić information content (AvgIpc) is 2.98. The Morgan fingerprint density at radius 2 is 2.05 bits per heavy atom. The predicted octanol–water partition coefficient (Wildman–Crippen LogP) is 3.12. The number of alkyl halides is 1. The molecule has 21 heavy (non-hydrogen) atoms. The van der Waals surface area contributed by atoms with E-state index in [0.717, 1.165) is 18.4 Å². The van der Waals surface area contributed by atoms with Gasteiger partial charge in [-0.25, -0.2) is 14.1 Å². The third-order valence-electron chi connectivity index (χ3n) is 4.81. The fourth-order valence-corrected chi connectivity index (χ4v) is 3.05. The van der Waals surface area contributed by atoms with Gasteiger partial charge in [0.05, 0.1) is 6.04 Å². The third-order valence-corrected chi connectivity index (χ3v) is 4.81. The van der Waals surface area contributed by atoms with Crippen LogP contribution in [0.15, 0.2) is 30.3 Å². The first-order valence-electron chi connectivity index (χ1n) is 7.42. The van der Waals surface area contributed by atoms with Crippen LogP contribution in [-0.4, -0.2) is 19.9 Å². The molecule has 0 radical (unpaired) electrons. The molecule has 4 rings (SSSR count). The van der Waals surface area contributed by atoms with Crippen molar-refractivity contribution in [2.24, 2.45) is 5.41 Å². The van der Waals surface area contributed by atoms with Crippen molar-refractivity contribution in [3.05, 3.63) is 47.5 Å². The summed E-state index contributed by atoms with van der Waals surface area (Å²) < 4.78 is 15.9. The van der Waals surface area contributed by atoms with Crippen LogP contribution in [0.2, 0.25) is 0 Å². The fraction of sp³-hybridized carbons (Fsp3) is 0.500. The van der Waals surface area contributed by atoms with E-state index in [1.807, 2.05) is 37.3 Å². The number of benzene rings is 1. The third kappa shape index (κ3) is 1.99. The predicted molar refractivity (Wildman–Crippen MR) is 75.4 cm³/mol. The Balaban J connectivity index is 1.71. The highest BCUT2D eigenvalue weighted by Gasteiger charge is 2.48. The molecule has 1 saturated carbocycles. The van der Waals surface area contributed by atoms with E-state index in [2.05, 4.69) is 10.1 Å². The lowest BCUT2D eigenvalue weighted by Crippen LogP contribution is -2.13. The number of hydrogen-bond acceptors (Lipinski definition) is 3. The summed E-state index contributed by atoms with van der Waals surface area (Å²) in [6, 6.07) is 9.66. The van der Waals surface area contributed by atoms with Crippen LogP contribution in [0.4, 0.5) is 4.39 Å². The number of nitrogens with zero attached hydrogens (tertiary/aromatic N) is 3. The lowest BCUT2D eigenvalue weighted by Gasteiger charge is -2.15. The van der Waals surface area contributed by atoms with E-state index in [-0.39, 0.29) is 11.5 Å². The normalized spacial score (nSPS) is 27.4. The molecule has 0 spiro atoms. The van der Waals surface area contributed by atoms with Gasteiger partial charge in [-0.1, -0.05) is 37.3 Å². The van der Waals surface area contributed by atoms with Crippen LogP contribution in [0.25, 0.3) is 0 Å². The molecular formula is C16H18FN3O. The molecule has 1 aromatic heterocycles. The van der Waals surface area contributed by atoms with Gasteiger partial charge < -0.3 is 5.11 Å². The molecule has 1 N–H and O–H groups in total. The van der Waals surface area contributed by atoms with Gasteiger partial charge in [-0.15, -0.1) is 0 Å². The molecule has 0 bridgehead atoms. The summed E-state index contributed by atoms with van der Waals surface area (Å²) in [5.74, 6) is 0.718. The number of hydrogen-bond donors (Lipinski definition) is 1. The smallest absolute Gasteiger partial charge is 0.180 e. The summed E-state index contributed by atoms with van der Waals surface area (Å²) in [7, 11) is 0. The summed E-state index contributed by atoms with van der Waals surface area (Å²) in [4.78, 5) is 4.28. The highest BCUT2D eigenvalue weighted by atomic mass is 19.1. The molecule has 2 aromatic rings. The van der Waals surface area contributed by atoms with Crippen molar-refractivity contribution >= 4 is 0 Å². The maximum absolute atomic E-state index is 14.2. The van der Waals surface area contributed by atoms with Gasteiger partial charge in [0, 0.05) is 11.8 Å². The van der Waals surface area contributed by atoms with Crippen LogP contribution in [0.1, 0.15) is 61.7 Å². The Morgan fingerprint density at radius 1 is 1.33 bits per heavy atom. The van der Waals surface area contributed by atoms with Gasteiger partial charge in [0.15, 0.2) is 17.8 Å². The molecule has 1 aliphatic carbocycles. The molecule has 5 heteroatoms. The standard InChI is InChI=1S/C16H18FN3O/c1-16(7-8-16)13(21)14-18-15-11(17)9-12(20(15)19-14)10-5-3-2-4-6-10/h2-6,11-13,21H,7-9H2,1H3/t11?,12?,13-/m0/s1. The Labute approximate surface area is 122 Å². The number of fused-ring (bicyclic) bond motifs is 1. The second-order valence-electron chi connectivity index (χ2n) is 6.46. The SMILES string of the molecule is CC1([C@@H](O)c2nc3n(n2)C(c2ccccc2)CC3F)CC1. The molecule has 4 nitrogen and oxygen atoms in total. The van der Waals surface area contributed by atoms with Crippen LogP contribution < -0.4 is 0 Å². The van der Waals surface area contributed by atoms with Crippen molar-refractivity contribution in [3.63, 3.8) is 0 Å². The molecule has 0 saturated heterocycles. The molecule has 1 aromatic carbocycles. The summed E-state index contributed by atoms with van der Waals surface area (Å²) in [5.41, 5.74) is 0.902. The topological polar surface area (TPSA) is 50.9 Å². The second kappa shape index (κ2) is 4.37. The largest absolute Gasteiger partial charge is 0.384 e. The first-order chi connectivity index (χ1) is 10.1. The molecule has 2 unspecified atom stereocenters. The molecule has 0 amide bonds. The van der Waals surface area contributed by atoms with Gasteiger partial charge in [-0.2, -0.15) is 5.10 Å². The lowest BCUT2D eigenvalue weighted by atomic mass is 10.0. The van der Waals surface area contributed by atoms with Crippen LogP contribution in [-0.2, 0) is 0 Å². The summed E-state index contributed by atoms with van der Waals surface area (Å²) in [6.45, 7) is 2.02. The fourth-order valence-electron chi connectivity index (χ4n) is 3.05. The van der Waals surface area contributed by atoms with Crippen LogP contribution in [0.3, 0.4) is 0 Å². The first-order valence-corrected chi connectivity index (χ1v) is 7.42. The summed E-state index contributed by atoms with van der Waals surface area (Å²) in [5, 5.41) is 14.8. The minimum Gasteiger partial charge on any atom is -0.384 e. The van der Waals surface area contributed by atoms with Gasteiger partial charge in [-0.3, -0.25) is 0 Å². The summed E-state index contributed by atoms with van der Waals surface area (Å²) >= 11 is 0.